The first kappa shape index (κ1) is 12.7. The van der Waals surface area contributed by atoms with Gasteiger partial charge in [-0.25, -0.2) is 0 Å². The lowest BCUT2D eigenvalue weighted by Crippen LogP contribution is -1.96. The number of rotatable bonds is 2. The van der Waals surface area contributed by atoms with Crippen LogP contribution in [-0.2, 0) is 6.54 Å². The zero-order valence-electron chi connectivity index (χ0n) is 8.88. The summed E-state index contributed by atoms with van der Waals surface area (Å²) < 4.78 is 0. The molecule has 0 bridgehead atoms. The Morgan fingerprint density at radius 2 is 1.59 bits per heavy atom. The van der Waals surface area contributed by atoms with Crippen LogP contribution in [0.3, 0.4) is 0 Å². The van der Waals surface area contributed by atoms with Gasteiger partial charge in [-0.15, -0.1) is 0 Å². The molecule has 4 heteroatoms. The minimum Gasteiger partial charge on any atom is -0.326 e. The van der Waals surface area contributed by atoms with Gasteiger partial charge < -0.3 is 5.73 Å². The summed E-state index contributed by atoms with van der Waals surface area (Å²) in [5.41, 5.74) is 8.37. The van der Waals surface area contributed by atoms with E-state index < -0.39 is 0 Å². The van der Waals surface area contributed by atoms with Crippen molar-refractivity contribution in [1.29, 1.82) is 0 Å². The summed E-state index contributed by atoms with van der Waals surface area (Å²) in [6, 6.07) is 11.2. The predicted molar refractivity (Wildman–Crippen MR) is 74.8 cm³/mol. The van der Waals surface area contributed by atoms with Gasteiger partial charge in [0.2, 0.25) is 0 Å². The monoisotopic (exact) mass is 285 g/mol. The van der Waals surface area contributed by atoms with Gasteiger partial charge in [0.25, 0.3) is 0 Å². The molecule has 0 atom stereocenters. The van der Waals surface area contributed by atoms with Crippen LogP contribution in [0.15, 0.2) is 36.4 Å². The van der Waals surface area contributed by atoms with E-state index in [0.29, 0.717) is 21.6 Å². The fraction of sp³-hybridized carbons (Fsp3) is 0.0769. The molecule has 0 fully saturated rings. The highest BCUT2D eigenvalue weighted by Gasteiger charge is 2.10. The molecule has 2 aromatic rings. The van der Waals surface area contributed by atoms with E-state index in [1.54, 1.807) is 12.1 Å². The average Bonchev–Trinajstić information content (AvgIpc) is 2.28. The standard InChI is InChI=1S/C13H10Cl3N/c14-10-5-11(15)13(12(16)6-10)9-3-1-2-8(4-9)7-17/h1-6H,7,17H2. The SMILES string of the molecule is NCc1cccc(-c2c(Cl)cc(Cl)cc2Cl)c1. The van der Waals surface area contributed by atoms with Crippen LogP contribution in [0.5, 0.6) is 0 Å². The van der Waals surface area contributed by atoms with Crippen molar-refractivity contribution in [2.75, 3.05) is 0 Å². The van der Waals surface area contributed by atoms with Crippen LogP contribution in [0.4, 0.5) is 0 Å². The number of nitrogens with two attached hydrogens (primary N) is 1. The Morgan fingerprint density at radius 3 is 2.18 bits per heavy atom. The fourth-order valence-electron chi connectivity index (χ4n) is 1.67. The van der Waals surface area contributed by atoms with E-state index in [0.717, 1.165) is 16.7 Å². The zero-order chi connectivity index (χ0) is 12.4. The molecule has 0 heterocycles. The number of halogens is 3. The van der Waals surface area contributed by atoms with Crippen LogP contribution in [0, 0.1) is 0 Å². The summed E-state index contributed by atoms with van der Waals surface area (Å²) in [5.74, 6) is 0. The highest BCUT2D eigenvalue weighted by Crippen LogP contribution is 2.37. The molecule has 0 unspecified atom stereocenters. The Balaban J connectivity index is 2.60. The molecule has 0 aliphatic heterocycles. The molecule has 88 valence electrons. The minimum absolute atomic E-state index is 0.483. The highest BCUT2D eigenvalue weighted by molar-refractivity contribution is 6.41. The van der Waals surface area contributed by atoms with E-state index in [9.17, 15) is 0 Å². The fourth-order valence-corrected chi connectivity index (χ4v) is 2.71. The van der Waals surface area contributed by atoms with Crippen molar-refractivity contribution in [3.8, 4) is 11.1 Å². The largest absolute Gasteiger partial charge is 0.326 e. The van der Waals surface area contributed by atoms with Crippen LogP contribution in [0.25, 0.3) is 11.1 Å². The van der Waals surface area contributed by atoms with Gasteiger partial charge in [0.05, 0.1) is 10.0 Å². The Kier molecular flexibility index (Phi) is 3.95. The molecule has 0 aliphatic carbocycles. The molecule has 2 rings (SSSR count). The summed E-state index contributed by atoms with van der Waals surface area (Å²) in [6.45, 7) is 0.483. The molecule has 0 amide bonds. The van der Waals surface area contributed by atoms with E-state index in [1.165, 1.54) is 0 Å². The zero-order valence-corrected chi connectivity index (χ0v) is 11.2. The Hall–Kier alpha value is -0.730. The molecule has 0 aromatic heterocycles. The van der Waals surface area contributed by atoms with Gasteiger partial charge in [-0.1, -0.05) is 53.0 Å². The van der Waals surface area contributed by atoms with E-state index >= 15 is 0 Å². The van der Waals surface area contributed by atoms with Gasteiger partial charge in [0.1, 0.15) is 0 Å². The summed E-state index contributed by atoms with van der Waals surface area (Å²) >= 11 is 18.2. The van der Waals surface area contributed by atoms with E-state index in [2.05, 4.69) is 0 Å². The lowest BCUT2D eigenvalue weighted by atomic mass is 10.0. The number of hydrogen-bond donors (Lipinski definition) is 1. The quantitative estimate of drug-likeness (QED) is 0.845. The Labute approximate surface area is 115 Å². The second-order valence-electron chi connectivity index (χ2n) is 3.65. The molecule has 17 heavy (non-hydrogen) atoms. The summed E-state index contributed by atoms with van der Waals surface area (Å²) in [5, 5.41) is 1.60. The third-order valence-electron chi connectivity index (χ3n) is 2.46. The van der Waals surface area contributed by atoms with Crippen molar-refractivity contribution in [2.45, 2.75) is 6.54 Å². The highest BCUT2D eigenvalue weighted by atomic mass is 35.5. The van der Waals surface area contributed by atoms with Crippen molar-refractivity contribution in [3.63, 3.8) is 0 Å². The Bertz CT molecular complexity index is 529. The molecule has 0 aliphatic rings. The van der Waals surface area contributed by atoms with Gasteiger partial charge in [0, 0.05) is 17.1 Å². The van der Waals surface area contributed by atoms with E-state index in [4.69, 9.17) is 40.5 Å². The Morgan fingerprint density at radius 1 is 0.941 bits per heavy atom. The number of benzene rings is 2. The maximum absolute atomic E-state index is 6.16. The maximum atomic E-state index is 6.16. The molecule has 2 N–H and O–H groups in total. The summed E-state index contributed by atoms with van der Waals surface area (Å²) in [6.07, 6.45) is 0. The van der Waals surface area contributed by atoms with E-state index in [-0.39, 0.29) is 0 Å². The van der Waals surface area contributed by atoms with Crippen LogP contribution in [-0.4, -0.2) is 0 Å². The molecule has 0 radical (unpaired) electrons. The molecule has 2 aromatic carbocycles. The van der Waals surface area contributed by atoms with Crippen LogP contribution in [0.2, 0.25) is 15.1 Å². The third-order valence-corrected chi connectivity index (χ3v) is 3.27. The first-order valence-corrected chi connectivity index (χ1v) is 6.19. The van der Waals surface area contributed by atoms with Gasteiger partial charge in [-0.3, -0.25) is 0 Å². The van der Waals surface area contributed by atoms with Crippen LogP contribution >= 0.6 is 34.8 Å². The minimum atomic E-state index is 0.483. The summed E-state index contributed by atoms with van der Waals surface area (Å²) in [4.78, 5) is 0. The smallest absolute Gasteiger partial charge is 0.0514 e. The normalized spacial score (nSPS) is 10.6. The van der Waals surface area contributed by atoms with Crippen molar-refractivity contribution in [2.24, 2.45) is 5.73 Å². The van der Waals surface area contributed by atoms with E-state index in [1.807, 2.05) is 24.3 Å². The van der Waals surface area contributed by atoms with Gasteiger partial charge in [-0.05, 0) is 29.3 Å². The number of hydrogen-bond acceptors (Lipinski definition) is 1. The van der Waals surface area contributed by atoms with Gasteiger partial charge in [-0.2, -0.15) is 0 Å². The first-order chi connectivity index (χ1) is 8.11. The summed E-state index contributed by atoms with van der Waals surface area (Å²) in [7, 11) is 0. The molecule has 0 spiro atoms. The van der Waals surface area contributed by atoms with Gasteiger partial charge >= 0.3 is 0 Å². The third kappa shape index (κ3) is 2.75. The molecular weight excluding hydrogens is 277 g/mol. The second kappa shape index (κ2) is 5.28. The molecular formula is C13H10Cl3N. The topological polar surface area (TPSA) is 26.0 Å². The maximum Gasteiger partial charge on any atom is 0.0514 e. The molecule has 0 saturated carbocycles. The van der Waals surface area contributed by atoms with Crippen LogP contribution < -0.4 is 5.73 Å². The molecule has 1 nitrogen and oxygen atoms in total. The second-order valence-corrected chi connectivity index (χ2v) is 4.90. The molecule has 0 saturated heterocycles. The first-order valence-electron chi connectivity index (χ1n) is 5.05. The van der Waals surface area contributed by atoms with Crippen molar-refractivity contribution in [1.82, 2.24) is 0 Å². The lowest BCUT2D eigenvalue weighted by molar-refractivity contribution is 1.07. The van der Waals surface area contributed by atoms with Crippen LogP contribution in [0.1, 0.15) is 5.56 Å². The van der Waals surface area contributed by atoms with Crippen molar-refractivity contribution in [3.05, 3.63) is 57.0 Å². The predicted octanol–water partition coefficient (Wildman–Crippen LogP) is 4.77. The lowest BCUT2D eigenvalue weighted by Gasteiger charge is -2.09. The van der Waals surface area contributed by atoms with Gasteiger partial charge in [0.15, 0.2) is 0 Å². The van der Waals surface area contributed by atoms with Crippen molar-refractivity contribution < 1.29 is 0 Å². The van der Waals surface area contributed by atoms with Crippen molar-refractivity contribution >= 4 is 34.8 Å². The average molecular weight is 287 g/mol.